The van der Waals surface area contributed by atoms with Gasteiger partial charge in [-0.1, -0.05) is 17.7 Å². The number of hydrogen-bond donors (Lipinski definition) is 3. The van der Waals surface area contributed by atoms with E-state index in [2.05, 4.69) is 25.3 Å². The van der Waals surface area contributed by atoms with E-state index in [1.54, 1.807) is 19.1 Å². The summed E-state index contributed by atoms with van der Waals surface area (Å²) in [5.74, 6) is 0.627. The van der Waals surface area contributed by atoms with Gasteiger partial charge in [0.15, 0.2) is 0 Å². The summed E-state index contributed by atoms with van der Waals surface area (Å²) in [7, 11) is 0. The van der Waals surface area contributed by atoms with Gasteiger partial charge in [-0.25, -0.2) is 4.85 Å². The number of aliphatic hydroxyl groups is 1. The number of rotatable bonds is 5. The molecule has 2 atom stereocenters. The molecule has 1 unspecified atom stereocenters. The van der Waals surface area contributed by atoms with Gasteiger partial charge in [-0.2, -0.15) is 0 Å². The Balaban J connectivity index is 1.65. The minimum atomic E-state index is -0.811. The minimum absolute atomic E-state index is 0.258. The molecule has 2 aromatic heterocycles. The van der Waals surface area contributed by atoms with Gasteiger partial charge in [0.25, 0.3) is 0 Å². The monoisotopic (exact) mass is 407 g/mol. The Bertz CT molecular complexity index is 1220. The minimum Gasteiger partial charge on any atom is -0.418 e. The summed E-state index contributed by atoms with van der Waals surface area (Å²) in [6.07, 6.45) is 1.06. The molecule has 8 heteroatoms. The number of aromatic amines is 1. The summed E-state index contributed by atoms with van der Waals surface area (Å²) in [5.41, 5.74) is 3.59. The van der Waals surface area contributed by atoms with E-state index in [9.17, 15) is 5.11 Å². The zero-order valence-corrected chi connectivity index (χ0v) is 16.5. The van der Waals surface area contributed by atoms with Gasteiger partial charge in [0.1, 0.15) is 6.04 Å². The first-order valence-electron chi connectivity index (χ1n) is 9.00. The Morgan fingerprint density at radius 2 is 2.07 bits per heavy atom. The topological polar surface area (TPSA) is 91.3 Å². The molecule has 0 radical (unpaired) electrons. The van der Waals surface area contributed by atoms with Crippen LogP contribution in [0.5, 0.6) is 0 Å². The summed E-state index contributed by atoms with van der Waals surface area (Å²) in [5, 5.41) is 23.2. The van der Waals surface area contributed by atoms with Crippen LogP contribution in [-0.4, -0.2) is 26.4 Å². The van der Waals surface area contributed by atoms with Crippen molar-refractivity contribution in [1.82, 2.24) is 15.2 Å². The molecule has 0 amide bonds. The summed E-state index contributed by atoms with van der Waals surface area (Å²) >= 11 is 6.26. The predicted molar refractivity (Wildman–Crippen MR) is 112 cm³/mol. The fourth-order valence-corrected chi connectivity index (χ4v) is 3.34. The van der Waals surface area contributed by atoms with Crippen molar-refractivity contribution in [3.8, 4) is 11.5 Å². The number of aliphatic hydroxyl groups excluding tert-OH is 1. The van der Waals surface area contributed by atoms with Gasteiger partial charge >= 0.3 is 0 Å². The number of nitrogens with zero attached hydrogens (tertiary/aromatic N) is 3. The Hall–Kier alpha value is -3.34. The molecule has 4 aromatic rings. The van der Waals surface area contributed by atoms with Crippen LogP contribution in [0.1, 0.15) is 24.4 Å². The highest BCUT2D eigenvalue weighted by atomic mass is 35.5. The summed E-state index contributed by atoms with van der Waals surface area (Å²) in [4.78, 5) is 6.54. The molecule has 0 aliphatic carbocycles. The van der Waals surface area contributed by atoms with E-state index >= 15 is 0 Å². The molecule has 0 aliphatic heterocycles. The van der Waals surface area contributed by atoms with Crippen molar-refractivity contribution >= 4 is 33.9 Å². The fraction of sp³-hybridized carbons (Fsp3) is 0.190. The molecule has 0 bridgehead atoms. The van der Waals surface area contributed by atoms with Crippen molar-refractivity contribution < 1.29 is 9.52 Å². The van der Waals surface area contributed by atoms with Gasteiger partial charge in [-0.15, -0.1) is 10.2 Å². The first kappa shape index (κ1) is 19.0. The van der Waals surface area contributed by atoms with Gasteiger partial charge in [0, 0.05) is 28.4 Å². The third-order valence-corrected chi connectivity index (χ3v) is 5.26. The Kier molecular flexibility index (Phi) is 4.97. The lowest BCUT2D eigenvalue weighted by Crippen LogP contribution is -2.23. The average Bonchev–Trinajstić information content (AvgIpc) is 3.37. The standard InChI is InChI=1S/C21H18ClN5O2/c1-11-15(6-7-17(23-3)18(11)22)25-19(12(2)28)21-27-26-20(29-21)14-4-5-16-13(10-14)8-9-24-16/h4-10,12,19,24-25,28H,1-2H3/t12?,19-/m1/s1. The molecule has 0 saturated carbocycles. The number of anilines is 1. The van der Waals surface area contributed by atoms with Crippen molar-refractivity contribution in [2.75, 3.05) is 5.32 Å². The highest BCUT2D eigenvalue weighted by molar-refractivity contribution is 6.34. The Morgan fingerprint density at radius 3 is 2.83 bits per heavy atom. The highest BCUT2D eigenvalue weighted by Crippen LogP contribution is 2.35. The van der Waals surface area contributed by atoms with Gasteiger partial charge in [0.2, 0.25) is 17.5 Å². The lowest BCUT2D eigenvalue weighted by molar-refractivity contribution is 0.159. The Labute approximate surface area is 172 Å². The predicted octanol–water partition coefficient (Wildman–Crippen LogP) is 5.26. The summed E-state index contributed by atoms with van der Waals surface area (Å²) in [6, 6.07) is 10.5. The molecule has 2 heterocycles. The maximum absolute atomic E-state index is 10.3. The maximum Gasteiger partial charge on any atom is 0.247 e. The second-order valence-corrected chi connectivity index (χ2v) is 7.15. The smallest absolute Gasteiger partial charge is 0.247 e. The maximum atomic E-state index is 10.3. The van der Waals surface area contributed by atoms with E-state index in [1.165, 1.54) is 0 Å². The molecule has 4 rings (SSSR count). The Morgan fingerprint density at radius 1 is 1.24 bits per heavy atom. The lowest BCUT2D eigenvalue weighted by atomic mass is 10.1. The number of H-pyrrole nitrogens is 1. The zero-order valence-electron chi connectivity index (χ0n) is 15.8. The number of hydrogen-bond acceptors (Lipinski definition) is 5. The molecule has 29 heavy (non-hydrogen) atoms. The molecule has 146 valence electrons. The van der Waals surface area contributed by atoms with Gasteiger partial charge in [-0.05, 0) is 49.7 Å². The largest absolute Gasteiger partial charge is 0.418 e. The van der Waals surface area contributed by atoms with Crippen LogP contribution in [0.4, 0.5) is 11.4 Å². The summed E-state index contributed by atoms with van der Waals surface area (Å²) in [6.45, 7) is 10.6. The second-order valence-electron chi connectivity index (χ2n) is 6.77. The number of aromatic nitrogens is 3. The van der Waals surface area contributed by atoms with Gasteiger partial charge < -0.3 is 19.8 Å². The third kappa shape index (κ3) is 3.56. The van der Waals surface area contributed by atoms with Crippen molar-refractivity contribution in [1.29, 1.82) is 0 Å². The lowest BCUT2D eigenvalue weighted by Gasteiger charge is -2.21. The number of halogens is 1. The van der Waals surface area contributed by atoms with Crippen molar-refractivity contribution in [3.63, 3.8) is 0 Å². The molecule has 0 aliphatic rings. The SMILES string of the molecule is [C-]#[N+]c1ccc(N[C@@H](c2nnc(-c3ccc4[nH]ccc4c3)o2)C(C)O)c(C)c1Cl. The molecule has 0 spiro atoms. The average molecular weight is 408 g/mol. The first-order valence-corrected chi connectivity index (χ1v) is 9.38. The van der Waals surface area contributed by atoms with Crippen LogP contribution >= 0.6 is 11.6 Å². The van der Waals surface area contributed by atoms with Gasteiger partial charge in [-0.3, -0.25) is 0 Å². The highest BCUT2D eigenvalue weighted by Gasteiger charge is 2.25. The van der Waals surface area contributed by atoms with Crippen LogP contribution in [0.15, 0.2) is 47.0 Å². The van der Waals surface area contributed by atoms with E-state index in [-0.39, 0.29) is 5.89 Å². The number of nitrogens with one attached hydrogen (secondary N) is 2. The first-order chi connectivity index (χ1) is 14.0. The van der Waals surface area contributed by atoms with E-state index in [1.807, 2.05) is 37.4 Å². The number of fused-ring (bicyclic) bond motifs is 1. The molecule has 0 fully saturated rings. The van der Waals surface area contributed by atoms with E-state index in [4.69, 9.17) is 22.6 Å². The molecular weight excluding hydrogens is 390 g/mol. The van der Waals surface area contributed by atoms with Crippen molar-refractivity contribution in [3.05, 3.63) is 70.5 Å². The van der Waals surface area contributed by atoms with Crippen LogP contribution in [0.3, 0.4) is 0 Å². The van der Waals surface area contributed by atoms with Crippen molar-refractivity contribution in [2.45, 2.75) is 26.0 Å². The molecular formula is C21H18ClN5O2. The van der Waals surface area contributed by atoms with Crippen LogP contribution in [-0.2, 0) is 0 Å². The van der Waals surface area contributed by atoms with Crippen LogP contribution in [0.2, 0.25) is 5.02 Å². The number of benzene rings is 2. The van der Waals surface area contributed by atoms with Crippen LogP contribution < -0.4 is 5.32 Å². The van der Waals surface area contributed by atoms with E-state index in [0.29, 0.717) is 27.9 Å². The van der Waals surface area contributed by atoms with Crippen LogP contribution in [0.25, 0.3) is 27.2 Å². The van der Waals surface area contributed by atoms with Gasteiger partial charge in [0.05, 0.1) is 17.7 Å². The second kappa shape index (κ2) is 7.59. The normalized spacial score (nSPS) is 13.2. The molecule has 0 saturated heterocycles. The van der Waals surface area contributed by atoms with Crippen molar-refractivity contribution in [2.24, 2.45) is 0 Å². The van der Waals surface area contributed by atoms with E-state index < -0.39 is 12.1 Å². The zero-order chi connectivity index (χ0) is 20.5. The van der Waals surface area contributed by atoms with Crippen LogP contribution in [0, 0.1) is 13.5 Å². The third-order valence-electron chi connectivity index (χ3n) is 4.79. The molecule has 7 nitrogen and oxygen atoms in total. The van der Waals surface area contributed by atoms with E-state index in [0.717, 1.165) is 16.5 Å². The summed E-state index contributed by atoms with van der Waals surface area (Å²) < 4.78 is 5.87. The molecule has 2 aromatic carbocycles. The fourth-order valence-electron chi connectivity index (χ4n) is 3.13. The molecule has 3 N–H and O–H groups in total. The quantitative estimate of drug-likeness (QED) is 0.392.